The summed E-state index contributed by atoms with van der Waals surface area (Å²) in [6, 6.07) is 4.27. The Morgan fingerprint density at radius 1 is 1.38 bits per heavy atom. The smallest absolute Gasteiger partial charge is 0.326 e. The summed E-state index contributed by atoms with van der Waals surface area (Å²) >= 11 is 11.8. The Morgan fingerprint density at radius 3 is 2.71 bits per heavy atom. The van der Waals surface area contributed by atoms with Crippen LogP contribution < -0.4 is 5.32 Å². The number of urea groups is 1. The summed E-state index contributed by atoms with van der Waals surface area (Å²) < 4.78 is 5.11. The molecule has 1 aliphatic carbocycles. The molecule has 0 radical (unpaired) electrons. The van der Waals surface area contributed by atoms with Crippen molar-refractivity contribution in [3.63, 3.8) is 0 Å². The minimum Gasteiger partial charge on any atom is -0.459 e. The lowest BCUT2D eigenvalue weighted by Crippen LogP contribution is -2.46. The number of carbonyl (C=O) groups excluding carboxylic acids is 3. The standard InChI is InChI=1S/C16H16Cl2N2O4/c1-16(10-3-4-10)14(22)20(15(23)19-16)7-13(21)24-8-9-2-5-11(17)6-12(9)18/h2,5-6,10H,3-4,7-8H2,1H3,(H,19,23)/t16-/m0/s1. The van der Waals surface area contributed by atoms with Crippen molar-refractivity contribution in [3.05, 3.63) is 33.8 Å². The predicted octanol–water partition coefficient (Wildman–Crippen LogP) is 2.76. The summed E-state index contributed by atoms with van der Waals surface area (Å²) in [6.45, 7) is 1.22. The van der Waals surface area contributed by atoms with Crippen LogP contribution in [0.15, 0.2) is 18.2 Å². The molecule has 1 heterocycles. The van der Waals surface area contributed by atoms with E-state index in [1.807, 2.05) is 0 Å². The van der Waals surface area contributed by atoms with Gasteiger partial charge in [-0.25, -0.2) is 4.79 Å². The molecule has 3 amide bonds. The first-order valence-corrected chi connectivity index (χ1v) is 8.30. The maximum absolute atomic E-state index is 12.4. The van der Waals surface area contributed by atoms with Crippen LogP contribution in [0.1, 0.15) is 25.3 Å². The number of imide groups is 1. The first-order chi connectivity index (χ1) is 11.3. The van der Waals surface area contributed by atoms with Crippen LogP contribution in [0.4, 0.5) is 4.79 Å². The van der Waals surface area contributed by atoms with Gasteiger partial charge in [0, 0.05) is 15.6 Å². The Hall–Kier alpha value is -1.79. The molecule has 1 saturated heterocycles. The lowest BCUT2D eigenvalue weighted by Gasteiger charge is -2.20. The van der Waals surface area contributed by atoms with Gasteiger partial charge in [0.15, 0.2) is 0 Å². The highest BCUT2D eigenvalue weighted by molar-refractivity contribution is 6.35. The molecule has 128 valence electrons. The van der Waals surface area contributed by atoms with E-state index in [-0.39, 0.29) is 18.4 Å². The second-order valence-corrected chi connectivity index (χ2v) is 7.04. The van der Waals surface area contributed by atoms with Gasteiger partial charge in [0.25, 0.3) is 5.91 Å². The van der Waals surface area contributed by atoms with E-state index < -0.39 is 24.1 Å². The van der Waals surface area contributed by atoms with Gasteiger partial charge in [0.1, 0.15) is 18.7 Å². The van der Waals surface area contributed by atoms with Gasteiger partial charge in [-0.1, -0.05) is 29.3 Å². The van der Waals surface area contributed by atoms with Crippen LogP contribution >= 0.6 is 23.2 Å². The number of carbonyl (C=O) groups is 3. The van der Waals surface area contributed by atoms with Crippen molar-refractivity contribution in [1.29, 1.82) is 0 Å². The first-order valence-electron chi connectivity index (χ1n) is 7.55. The minimum atomic E-state index is -0.906. The van der Waals surface area contributed by atoms with Crippen molar-refractivity contribution in [3.8, 4) is 0 Å². The summed E-state index contributed by atoms with van der Waals surface area (Å²) in [4.78, 5) is 37.3. The number of benzene rings is 1. The Kier molecular flexibility index (Phi) is 4.44. The SMILES string of the molecule is C[C@@]1(C2CC2)NC(=O)N(CC(=O)OCc2ccc(Cl)cc2Cl)C1=O. The van der Waals surface area contributed by atoms with E-state index in [0.29, 0.717) is 15.6 Å². The quantitative estimate of drug-likeness (QED) is 0.638. The second-order valence-electron chi connectivity index (χ2n) is 6.19. The average Bonchev–Trinajstić information content (AvgIpc) is 3.33. The molecular formula is C16H16Cl2N2O4. The number of nitrogens with one attached hydrogen (secondary N) is 1. The fourth-order valence-corrected chi connectivity index (χ4v) is 3.23. The number of rotatable bonds is 5. The van der Waals surface area contributed by atoms with E-state index in [9.17, 15) is 14.4 Å². The predicted molar refractivity (Wildman–Crippen MR) is 87.6 cm³/mol. The molecule has 0 aromatic heterocycles. The van der Waals surface area contributed by atoms with Crippen molar-refractivity contribution in [2.75, 3.05) is 6.54 Å². The molecule has 1 aromatic carbocycles. The van der Waals surface area contributed by atoms with E-state index in [4.69, 9.17) is 27.9 Å². The van der Waals surface area contributed by atoms with Gasteiger partial charge in [-0.3, -0.25) is 14.5 Å². The van der Waals surface area contributed by atoms with Crippen LogP contribution in [0.3, 0.4) is 0 Å². The van der Waals surface area contributed by atoms with Crippen LogP contribution in [-0.2, 0) is 20.9 Å². The monoisotopic (exact) mass is 370 g/mol. The maximum Gasteiger partial charge on any atom is 0.326 e. The van der Waals surface area contributed by atoms with Crippen molar-refractivity contribution < 1.29 is 19.1 Å². The number of nitrogens with zero attached hydrogens (tertiary/aromatic N) is 1. The van der Waals surface area contributed by atoms with E-state index in [0.717, 1.165) is 17.7 Å². The number of esters is 1. The van der Waals surface area contributed by atoms with Gasteiger partial charge >= 0.3 is 12.0 Å². The van der Waals surface area contributed by atoms with E-state index in [1.165, 1.54) is 0 Å². The van der Waals surface area contributed by atoms with Crippen molar-refractivity contribution in [2.24, 2.45) is 5.92 Å². The molecule has 2 aliphatic rings. The lowest BCUT2D eigenvalue weighted by atomic mass is 9.96. The summed E-state index contributed by atoms with van der Waals surface area (Å²) in [5.74, 6) is -0.913. The highest BCUT2D eigenvalue weighted by atomic mass is 35.5. The number of hydrogen-bond donors (Lipinski definition) is 1. The average molecular weight is 371 g/mol. The number of hydrogen-bond acceptors (Lipinski definition) is 4. The topological polar surface area (TPSA) is 75.7 Å². The summed E-state index contributed by atoms with van der Waals surface area (Å²) in [5, 5.41) is 3.54. The van der Waals surface area contributed by atoms with Gasteiger partial charge < -0.3 is 10.1 Å². The summed E-state index contributed by atoms with van der Waals surface area (Å²) in [6.07, 6.45) is 1.80. The van der Waals surface area contributed by atoms with Gasteiger partial charge in [-0.2, -0.15) is 0 Å². The molecular weight excluding hydrogens is 355 g/mol. The number of ether oxygens (including phenoxy) is 1. The van der Waals surface area contributed by atoms with E-state index in [2.05, 4.69) is 5.32 Å². The Labute approximate surface area is 149 Å². The fourth-order valence-electron chi connectivity index (χ4n) is 2.77. The van der Waals surface area contributed by atoms with Gasteiger partial charge in [-0.05, 0) is 37.8 Å². The summed E-state index contributed by atoms with van der Waals surface area (Å²) in [5.41, 5.74) is -0.314. The van der Waals surface area contributed by atoms with Crippen LogP contribution in [-0.4, -0.2) is 34.9 Å². The fraction of sp³-hybridized carbons (Fsp3) is 0.438. The maximum atomic E-state index is 12.4. The lowest BCUT2D eigenvalue weighted by molar-refractivity contribution is -0.148. The summed E-state index contributed by atoms with van der Waals surface area (Å²) in [7, 11) is 0. The Bertz CT molecular complexity index is 720. The normalized spacial score (nSPS) is 23.4. The number of amides is 3. The highest BCUT2D eigenvalue weighted by Crippen LogP contribution is 2.42. The van der Waals surface area contributed by atoms with Crippen molar-refractivity contribution in [1.82, 2.24) is 10.2 Å². The third-order valence-electron chi connectivity index (χ3n) is 4.39. The molecule has 1 saturated carbocycles. The Balaban J connectivity index is 1.58. The zero-order chi connectivity index (χ0) is 17.5. The molecule has 8 heteroatoms. The Morgan fingerprint density at radius 2 is 2.08 bits per heavy atom. The third kappa shape index (κ3) is 3.21. The molecule has 3 rings (SSSR count). The molecule has 1 atom stereocenters. The van der Waals surface area contributed by atoms with Crippen molar-refractivity contribution >= 4 is 41.1 Å². The molecule has 1 aromatic rings. The van der Waals surface area contributed by atoms with E-state index >= 15 is 0 Å². The molecule has 6 nitrogen and oxygen atoms in total. The van der Waals surface area contributed by atoms with Crippen LogP contribution in [0.5, 0.6) is 0 Å². The number of halogens is 2. The van der Waals surface area contributed by atoms with Crippen LogP contribution in [0.2, 0.25) is 10.0 Å². The zero-order valence-corrected chi connectivity index (χ0v) is 14.5. The highest BCUT2D eigenvalue weighted by Gasteiger charge is 2.56. The molecule has 0 bridgehead atoms. The molecule has 2 fully saturated rings. The van der Waals surface area contributed by atoms with Gasteiger partial charge in [-0.15, -0.1) is 0 Å². The molecule has 0 spiro atoms. The molecule has 24 heavy (non-hydrogen) atoms. The van der Waals surface area contributed by atoms with Gasteiger partial charge in [0.05, 0.1) is 0 Å². The largest absolute Gasteiger partial charge is 0.459 e. The van der Waals surface area contributed by atoms with Gasteiger partial charge in [0.2, 0.25) is 0 Å². The first kappa shape index (κ1) is 17.0. The third-order valence-corrected chi connectivity index (χ3v) is 4.97. The molecule has 1 N–H and O–H groups in total. The van der Waals surface area contributed by atoms with Crippen LogP contribution in [0.25, 0.3) is 0 Å². The second kappa shape index (κ2) is 6.26. The van der Waals surface area contributed by atoms with Crippen molar-refractivity contribution in [2.45, 2.75) is 31.9 Å². The molecule has 1 aliphatic heterocycles. The van der Waals surface area contributed by atoms with Crippen LogP contribution in [0, 0.1) is 5.92 Å². The molecule has 0 unspecified atom stereocenters. The van der Waals surface area contributed by atoms with E-state index in [1.54, 1.807) is 25.1 Å². The zero-order valence-electron chi connectivity index (χ0n) is 13.0. The minimum absolute atomic E-state index is 0.0572.